The van der Waals surface area contributed by atoms with E-state index in [4.69, 9.17) is 0 Å². The Labute approximate surface area is 167 Å². The molecule has 7 heteroatoms. The Morgan fingerprint density at radius 3 is 2.32 bits per heavy atom. The summed E-state index contributed by atoms with van der Waals surface area (Å²) in [5.41, 5.74) is 2.30. The van der Waals surface area contributed by atoms with Crippen LogP contribution in [0.1, 0.15) is 22.8 Å². The van der Waals surface area contributed by atoms with Crippen molar-refractivity contribution >= 4 is 21.6 Å². The third-order valence-corrected chi connectivity index (χ3v) is 6.92. The molecule has 150 valence electrons. The number of hydrogen-bond acceptors (Lipinski definition) is 4. The van der Waals surface area contributed by atoms with Crippen molar-refractivity contribution in [1.82, 2.24) is 9.80 Å². The second kappa shape index (κ2) is 8.75. The van der Waals surface area contributed by atoms with Gasteiger partial charge < -0.3 is 4.90 Å². The van der Waals surface area contributed by atoms with Crippen molar-refractivity contribution in [3.05, 3.63) is 65.7 Å². The lowest BCUT2D eigenvalue weighted by Crippen LogP contribution is -2.48. The van der Waals surface area contributed by atoms with E-state index in [0.717, 1.165) is 19.6 Å². The maximum atomic E-state index is 12.9. The molecule has 1 aliphatic rings. The molecule has 3 rings (SSSR count). The summed E-state index contributed by atoms with van der Waals surface area (Å²) in [5, 5.41) is 0. The highest BCUT2D eigenvalue weighted by Gasteiger charge is 2.23. The zero-order valence-electron chi connectivity index (χ0n) is 16.4. The smallest absolute Gasteiger partial charge is 0.254 e. The molecule has 2 aromatic carbocycles. The van der Waals surface area contributed by atoms with Crippen molar-refractivity contribution in [3.8, 4) is 0 Å². The van der Waals surface area contributed by atoms with Gasteiger partial charge in [0.15, 0.2) is 0 Å². The lowest BCUT2D eigenvalue weighted by molar-refractivity contribution is 0.0628. The first-order valence-corrected chi connectivity index (χ1v) is 11.1. The molecule has 0 aliphatic carbocycles. The van der Waals surface area contributed by atoms with E-state index in [-0.39, 0.29) is 11.7 Å². The number of anilines is 1. The van der Waals surface area contributed by atoms with Gasteiger partial charge in [-0.05, 0) is 30.7 Å². The summed E-state index contributed by atoms with van der Waals surface area (Å²) in [7, 11) is -1.84. The van der Waals surface area contributed by atoms with Gasteiger partial charge in [-0.15, -0.1) is 0 Å². The van der Waals surface area contributed by atoms with E-state index >= 15 is 0 Å². The van der Waals surface area contributed by atoms with Crippen LogP contribution in [0.4, 0.5) is 5.69 Å². The summed E-state index contributed by atoms with van der Waals surface area (Å²) in [6.07, 6.45) is 0. The Kier molecular flexibility index (Phi) is 6.36. The van der Waals surface area contributed by atoms with Gasteiger partial charge in [0, 0.05) is 45.3 Å². The van der Waals surface area contributed by atoms with Crippen LogP contribution in [0, 0.1) is 0 Å². The highest BCUT2D eigenvalue weighted by atomic mass is 32.2. The summed E-state index contributed by atoms with van der Waals surface area (Å²) >= 11 is 0. The van der Waals surface area contributed by atoms with Gasteiger partial charge in [0.05, 0.1) is 11.4 Å². The molecule has 0 N–H and O–H groups in total. The monoisotopic (exact) mass is 401 g/mol. The minimum absolute atomic E-state index is 0.0189. The van der Waals surface area contributed by atoms with Gasteiger partial charge in [-0.1, -0.05) is 36.4 Å². The Balaban J connectivity index is 1.63. The van der Waals surface area contributed by atoms with Crippen molar-refractivity contribution in [2.45, 2.75) is 13.5 Å². The molecule has 2 aromatic rings. The fourth-order valence-electron chi connectivity index (χ4n) is 3.32. The molecule has 1 aliphatic heterocycles. The van der Waals surface area contributed by atoms with Gasteiger partial charge in [-0.2, -0.15) is 0 Å². The number of piperazine rings is 1. The van der Waals surface area contributed by atoms with Crippen molar-refractivity contribution in [1.29, 1.82) is 0 Å². The van der Waals surface area contributed by atoms with Crippen LogP contribution in [-0.4, -0.2) is 63.1 Å². The van der Waals surface area contributed by atoms with Gasteiger partial charge in [-0.25, -0.2) is 8.42 Å². The molecule has 0 radical (unpaired) electrons. The maximum Gasteiger partial charge on any atom is 0.254 e. The summed E-state index contributed by atoms with van der Waals surface area (Å²) in [6, 6.07) is 17.2. The van der Waals surface area contributed by atoms with E-state index in [9.17, 15) is 13.2 Å². The second-order valence-electron chi connectivity index (χ2n) is 6.97. The fraction of sp³-hybridized carbons (Fsp3) is 0.381. The average molecular weight is 402 g/mol. The number of nitrogens with zero attached hydrogens (tertiary/aromatic N) is 3. The molecule has 0 spiro atoms. The molecule has 0 aromatic heterocycles. The normalized spacial score (nSPS) is 15.4. The highest BCUT2D eigenvalue weighted by Crippen LogP contribution is 2.20. The number of sulfonamides is 1. The molecule has 0 atom stereocenters. The van der Waals surface area contributed by atoms with Crippen molar-refractivity contribution in [2.75, 3.05) is 43.3 Å². The van der Waals surface area contributed by atoms with E-state index in [0.29, 0.717) is 24.3 Å². The largest absolute Gasteiger partial charge is 0.336 e. The SMILES string of the molecule is CCS(=O)(=O)N(C)c1cccc(C(=O)N2CCN(Cc3ccccc3)CC2)c1. The number of rotatable bonds is 6. The van der Waals surface area contributed by atoms with E-state index in [1.54, 1.807) is 31.2 Å². The van der Waals surface area contributed by atoms with E-state index in [2.05, 4.69) is 17.0 Å². The Morgan fingerprint density at radius 1 is 1.00 bits per heavy atom. The number of amides is 1. The van der Waals surface area contributed by atoms with E-state index in [1.165, 1.54) is 16.9 Å². The van der Waals surface area contributed by atoms with Crippen molar-refractivity contribution < 1.29 is 13.2 Å². The van der Waals surface area contributed by atoms with Gasteiger partial charge in [0.25, 0.3) is 5.91 Å². The molecular formula is C21H27N3O3S. The van der Waals surface area contributed by atoms with Crippen LogP contribution in [0.25, 0.3) is 0 Å². The molecule has 0 bridgehead atoms. The number of carbonyl (C=O) groups excluding carboxylic acids is 1. The Hall–Kier alpha value is -2.38. The van der Waals surface area contributed by atoms with Gasteiger partial charge in [-0.3, -0.25) is 14.0 Å². The highest BCUT2D eigenvalue weighted by molar-refractivity contribution is 7.92. The third kappa shape index (κ3) is 4.72. The summed E-state index contributed by atoms with van der Waals surface area (Å²) in [6.45, 7) is 5.47. The molecule has 1 amide bonds. The van der Waals surface area contributed by atoms with Crippen LogP contribution < -0.4 is 4.31 Å². The average Bonchev–Trinajstić information content (AvgIpc) is 2.74. The standard InChI is InChI=1S/C21H27N3O3S/c1-3-28(26,27)22(2)20-11-7-10-19(16-20)21(25)24-14-12-23(13-15-24)17-18-8-5-4-6-9-18/h4-11,16H,3,12-15,17H2,1-2H3. The minimum atomic E-state index is -3.35. The quantitative estimate of drug-likeness (QED) is 0.746. The van der Waals surface area contributed by atoms with Crippen LogP contribution in [-0.2, 0) is 16.6 Å². The molecule has 1 saturated heterocycles. The summed E-state index contributed by atoms with van der Waals surface area (Å²) in [4.78, 5) is 17.1. The van der Waals surface area contributed by atoms with Gasteiger partial charge >= 0.3 is 0 Å². The third-order valence-electron chi connectivity index (χ3n) is 5.15. The molecule has 0 unspecified atom stereocenters. The van der Waals surface area contributed by atoms with Gasteiger partial charge in [0.1, 0.15) is 0 Å². The lowest BCUT2D eigenvalue weighted by Gasteiger charge is -2.35. The fourth-order valence-corrected chi connectivity index (χ4v) is 4.14. The number of carbonyl (C=O) groups is 1. The Bertz CT molecular complexity index is 908. The first-order valence-electron chi connectivity index (χ1n) is 9.53. The molecule has 28 heavy (non-hydrogen) atoms. The minimum Gasteiger partial charge on any atom is -0.336 e. The predicted molar refractivity (Wildman–Crippen MR) is 112 cm³/mol. The van der Waals surface area contributed by atoms with E-state index < -0.39 is 10.0 Å². The second-order valence-corrected chi connectivity index (χ2v) is 9.26. The Morgan fingerprint density at radius 2 is 1.68 bits per heavy atom. The van der Waals surface area contributed by atoms with Crippen LogP contribution >= 0.6 is 0 Å². The zero-order chi connectivity index (χ0) is 20.1. The topological polar surface area (TPSA) is 60.9 Å². The predicted octanol–water partition coefficient (Wildman–Crippen LogP) is 2.43. The molecule has 1 fully saturated rings. The molecule has 1 heterocycles. The van der Waals surface area contributed by atoms with E-state index in [1.807, 2.05) is 23.1 Å². The summed E-state index contributed by atoms with van der Waals surface area (Å²) in [5.74, 6) is -0.0334. The number of benzene rings is 2. The maximum absolute atomic E-state index is 12.9. The van der Waals surface area contributed by atoms with Crippen LogP contribution in [0.5, 0.6) is 0 Å². The van der Waals surface area contributed by atoms with Crippen LogP contribution in [0.2, 0.25) is 0 Å². The van der Waals surface area contributed by atoms with Crippen LogP contribution in [0.15, 0.2) is 54.6 Å². The first kappa shape index (κ1) is 20.4. The van der Waals surface area contributed by atoms with Crippen molar-refractivity contribution in [2.24, 2.45) is 0 Å². The van der Waals surface area contributed by atoms with Gasteiger partial charge in [0.2, 0.25) is 10.0 Å². The lowest BCUT2D eigenvalue weighted by atomic mass is 10.1. The van der Waals surface area contributed by atoms with Crippen LogP contribution in [0.3, 0.4) is 0 Å². The molecule has 6 nitrogen and oxygen atoms in total. The summed E-state index contributed by atoms with van der Waals surface area (Å²) < 4.78 is 25.4. The molecular weight excluding hydrogens is 374 g/mol. The first-order chi connectivity index (χ1) is 13.4. The molecule has 0 saturated carbocycles. The van der Waals surface area contributed by atoms with Crippen molar-refractivity contribution in [3.63, 3.8) is 0 Å². The number of hydrogen-bond donors (Lipinski definition) is 0. The zero-order valence-corrected chi connectivity index (χ0v) is 17.2.